The SMILES string of the molecule is Cn1cccc1C(=O)Cc1cc(C(=O)Cc2cc(C(=O)Cc3cc(C(=O)NCCOc4ccnc5c4ccc4cccnc45)n(C)c3)n(C)c2)n(C)c1. The van der Waals surface area contributed by atoms with Gasteiger partial charge in [-0.05, 0) is 65.2 Å². The molecule has 0 aliphatic heterocycles. The van der Waals surface area contributed by atoms with Gasteiger partial charge < -0.3 is 28.3 Å². The van der Waals surface area contributed by atoms with Gasteiger partial charge in [0.2, 0.25) is 0 Å². The smallest absolute Gasteiger partial charge is 0.268 e. The molecule has 0 saturated carbocycles. The van der Waals surface area contributed by atoms with E-state index in [9.17, 15) is 19.2 Å². The summed E-state index contributed by atoms with van der Waals surface area (Å²) in [5, 5.41) is 4.74. The summed E-state index contributed by atoms with van der Waals surface area (Å²) in [6.07, 6.45) is 11.0. The number of amides is 1. The van der Waals surface area contributed by atoms with Crippen LogP contribution >= 0.6 is 0 Å². The number of aryl methyl sites for hydroxylation is 4. The first-order valence-electron chi connectivity index (χ1n) is 17.3. The molecule has 268 valence electrons. The highest BCUT2D eigenvalue weighted by atomic mass is 16.5. The minimum absolute atomic E-state index is 0.0210. The molecule has 0 spiro atoms. The predicted octanol–water partition coefficient (Wildman–Crippen LogP) is 5.22. The van der Waals surface area contributed by atoms with E-state index in [2.05, 4.69) is 15.3 Å². The molecule has 0 bridgehead atoms. The minimum atomic E-state index is -0.280. The second kappa shape index (κ2) is 14.6. The van der Waals surface area contributed by atoms with Crippen LogP contribution in [0.5, 0.6) is 5.75 Å². The average molecular weight is 710 g/mol. The topological polar surface area (TPSA) is 135 Å². The fraction of sp³-hybridized carbons (Fsp3) is 0.220. The summed E-state index contributed by atoms with van der Waals surface area (Å²) < 4.78 is 13.0. The molecular weight excluding hydrogens is 670 g/mol. The van der Waals surface area contributed by atoms with Gasteiger partial charge in [-0.1, -0.05) is 12.1 Å². The van der Waals surface area contributed by atoms with Crippen LogP contribution in [0.3, 0.4) is 0 Å². The van der Waals surface area contributed by atoms with Crippen molar-refractivity contribution >= 4 is 45.1 Å². The van der Waals surface area contributed by atoms with E-state index < -0.39 is 0 Å². The quantitative estimate of drug-likeness (QED) is 0.0930. The second-order valence-corrected chi connectivity index (χ2v) is 13.3. The molecule has 1 N–H and O–H groups in total. The fourth-order valence-corrected chi connectivity index (χ4v) is 6.82. The summed E-state index contributed by atoms with van der Waals surface area (Å²) in [7, 11) is 7.15. The molecule has 0 saturated heterocycles. The molecule has 12 heteroatoms. The Labute approximate surface area is 305 Å². The van der Waals surface area contributed by atoms with Gasteiger partial charge in [-0.15, -0.1) is 0 Å². The Morgan fingerprint density at radius 3 is 1.83 bits per heavy atom. The Morgan fingerprint density at radius 1 is 0.623 bits per heavy atom. The van der Waals surface area contributed by atoms with Gasteiger partial charge in [0, 0.05) is 95.4 Å². The molecular formula is C41H39N7O5. The Balaban J connectivity index is 0.931. The maximum absolute atomic E-state index is 13.4. The lowest BCUT2D eigenvalue weighted by molar-refractivity contribution is 0.0935. The number of ether oxygens (including phenoxy) is 1. The van der Waals surface area contributed by atoms with Crippen LogP contribution in [0.4, 0.5) is 0 Å². The Bertz CT molecular complexity index is 2530. The van der Waals surface area contributed by atoms with Gasteiger partial charge in [-0.25, -0.2) is 0 Å². The zero-order valence-corrected chi connectivity index (χ0v) is 30.0. The van der Waals surface area contributed by atoms with Crippen LogP contribution < -0.4 is 10.1 Å². The average Bonchev–Trinajstić information content (AvgIpc) is 3.92. The second-order valence-electron chi connectivity index (χ2n) is 13.3. The van der Waals surface area contributed by atoms with Crippen molar-refractivity contribution in [2.24, 2.45) is 28.2 Å². The summed E-state index contributed by atoms with van der Waals surface area (Å²) >= 11 is 0. The standard InChI is InChI=1S/C41H39N7O5/c1-45-15-6-8-31(45)35(49)20-26-17-32(46(2)23-26)36(50)21-27-18-33(47(3)24-27)37(51)22-28-19-34(48(4)25-28)41(52)44-14-16-53-38-11-13-43-40-30(38)10-9-29-7-5-12-42-39(29)40/h5-13,15,17-19,23-25H,14,16,20-22H2,1-4H3,(H,44,52). The van der Waals surface area contributed by atoms with E-state index in [1.54, 1.807) is 101 Å². The van der Waals surface area contributed by atoms with Crippen LogP contribution in [0.2, 0.25) is 0 Å². The molecule has 6 aromatic heterocycles. The zero-order valence-electron chi connectivity index (χ0n) is 30.0. The number of hydrogen-bond acceptors (Lipinski definition) is 7. The van der Waals surface area contributed by atoms with E-state index in [0.29, 0.717) is 39.7 Å². The van der Waals surface area contributed by atoms with E-state index in [0.717, 1.165) is 27.4 Å². The van der Waals surface area contributed by atoms with E-state index in [4.69, 9.17) is 4.74 Å². The molecule has 0 aliphatic carbocycles. The van der Waals surface area contributed by atoms with Crippen LogP contribution in [0.25, 0.3) is 21.8 Å². The summed E-state index contributed by atoms with van der Waals surface area (Å²) in [6.45, 7) is 0.521. The van der Waals surface area contributed by atoms with Crippen molar-refractivity contribution in [3.05, 3.63) is 137 Å². The Morgan fingerprint density at radius 2 is 1.21 bits per heavy atom. The van der Waals surface area contributed by atoms with Crippen molar-refractivity contribution in [1.29, 1.82) is 0 Å². The number of rotatable bonds is 14. The molecule has 6 heterocycles. The normalized spacial score (nSPS) is 11.3. The van der Waals surface area contributed by atoms with Crippen molar-refractivity contribution in [2.75, 3.05) is 13.2 Å². The van der Waals surface area contributed by atoms with Gasteiger partial charge in [0.1, 0.15) is 23.6 Å². The lowest BCUT2D eigenvalue weighted by Gasteiger charge is -2.11. The van der Waals surface area contributed by atoms with Crippen LogP contribution in [-0.4, -0.2) is 64.6 Å². The maximum atomic E-state index is 13.4. The van der Waals surface area contributed by atoms with Gasteiger partial charge in [0.15, 0.2) is 17.3 Å². The van der Waals surface area contributed by atoms with Gasteiger partial charge in [0.05, 0.1) is 29.1 Å². The molecule has 1 aromatic carbocycles. The summed E-state index contributed by atoms with van der Waals surface area (Å²) in [5.74, 6) is 0.111. The number of carbonyl (C=O) groups is 4. The van der Waals surface area contributed by atoms with Gasteiger partial charge in [0.25, 0.3) is 5.91 Å². The fourth-order valence-electron chi connectivity index (χ4n) is 6.82. The number of pyridine rings is 2. The van der Waals surface area contributed by atoms with Crippen molar-refractivity contribution in [2.45, 2.75) is 19.3 Å². The molecule has 7 rings (SSSR count). The minimum Gasteiger partial charge on any atom is -0.491 e. The van der Waals surface area contributed by atoms with Crippen LogP contribution in [0, 0.1) is 0 Å². The van der Waals surface area contributed by atoms with E-state index in [1.807, 2.05) is 43.6 Å². The Hall–Kier alpha value is -6.56. The third-order valence-corrected chi connectivity index (χ3v) is 9.40. The van der Waals surface area contributed by atoms with E-state index in [-0.39, 0.29) is 55.7 Å². The summed E-state index contributed by atoms with van der Waals surface area (Å²) in [6, 6.07) is 18.4. The summed E-state index contributed by atoms with van der Waals surface area (Å²) in [4.78, 5) is 61.5. The molecule has 53 heavy (non-hydrogen) atoms. The number of fused-ring (bicyclic) bond motifs is 3. The van der Waals surface area contributed by atoms with Crippen molar-refractivity contribution in [3.63, 3.8) is 0 Å². The number of nitrogens with zero attached hydrogens (tertiary/aromatic N) is 6. The van der Waals surface area contributed by atoms with Crippen molar-refractivity contribution < 1.29 is 23.9 Å². The number of aromatic nitrogens is 6. The van der Waals surface area contributed by atoms with Crippen LogP contribution in [0.15, 0.2) is 97.8 Å². The van der Waals surface area contributed by atoms with Crippen molar-refractivity contribution in [3.8, 4) is 5.75 Å². The highest BCUT2D eigenvalue weighted by molar-refractivity contribution is 6.05. The van der Waals surface area contributed by atoms with E-state index >= 15 is 0 Å². The zero-order chi connectivity index (χ0) is 37.2. The van der Waals surface area contributed by atoms with Crippen molar-refractivity contribution in [1.82, 2.24) is 33.6 Å². The van der Waals surface area contributed by atoms with E-state index in [1.165, 1.54) is 0 Å². The lowest BCUT2D eigenvalue weighted by atomic mass is 10.1. The number of Topliss-reactive ketones (excluding diaryl/α,β-unsaturated/α-hetero) is 3. The molecule has 0 aliphatic rings. The van der Waals surface area contributed by atoms with Gasteiger partial charge in [-0.2, -0.15) is 0 Å². The molecule has 12 nitrogen and oxygen atoms in total. The lowest BCUT2D eigenvalue weighted by Crippen LogP contribution is -2.29. The van der Waals surface area contributed by atoms with Gasteiger partial charge >= 0.3 is 0 Å². The first-order valence-corrected chi connectivity index (χ1v) is 17.3. The predicted molar refractivity (Wildman–Crippen MR) is 201 cm³/mol. The molecule has 1 amide bonds. The first kappa shape index (κ1) is 34.9. The number of hydrogen-bond donors (Lipinski definition) is 1. The van der Waals surface area contributed by atoms with Crippen LogP contribution in [0.1, 0.15) is 58.6 Å². The third kappa shape index (κ3) is 7.29. The molecule has 0 fully saturated rings. The largest absolute Gasteiger partial charge is 0.491 e. The molecule has 0 atom stereocenters. The van der Waals surface area contributed by atoms with Crippen LogP contribution in [-0.2, 0) is 47.5 Å². The number of ketones is 3. The highest BCUT2D eigenvalue weighted by Gasteiger charge is 2.20. The molecule has 0 unspecified atom stereocenters. The van der Waals surface area contributed by atoms with Gasteiger partial charge in [-0.3, -0.25) is 29.1 Å². The Kier molecular flexibility index (Phi) is 9.60. The number of carbonyl (C=O) groups excluding carboxylic acids is 4. The molecule has 0 radical (unpaired) electrons. The number of benzene rings is 1. The maximum Gasteiger partial charge on any atom is 0.268 e. The first-order chi connectivity index (χ1) is 25.5. The molecule has 7 aromatic rings. The monoisotopic (exact) mass is 709 g/mol. The third-order valence-electron chi connectivity index (χ3n) is 9.40. The number of nitrogens with one attached hydrogen (secondary N) is 1. The summed E-state index contributed by atoms with van der Waals surface area (Å²) in [5.41, 5.74) is 5.73. The highest BCUT2D eigenvalue weighted by Crippen LogP contribution is 2.28.